The molecule has 0 spiro atoms. The van der Waals surface area contributed by atoms with Crippen LogP contribution in [0.4, 0.5) is 0 Å². The fourth-order valence-electron chi connectivity index (χ4n) is 0.380. The zero-order valence-corrected chi connectivity index (χ0v) is 6.59. The average molecular weight is 129 g/mol. The quantitative estimate of drug-likeness (QED) is 0.528. The second-order valence-corrected chi connectivity index (χ2v) is 2.71. The highest BCUT2D eigenvalue weighted by atomic mass is 32.1. The fraction of sp³-hybridized carbons (Fsp3) is 0.714. The highest BCUT2D eigenvalue weighted by Gasteiger charge is 2.03. The molecule has 0 heterocycles. The Balaban J connectivity index is 3.30. The summed E-state index contributed by atoms with van der Waals surface area (Å²) in [7, 11) is 0. The lowest BCUT2D eigenvalue weighted by Gasteiger charge is -2.10. The number of hydrogen-bond donors (Lipinski definition) is 0. The molecule has 47 valence electrons. The van der Waals surface area contributed by atoms with Crippen LogP contribution in [0, 0.1) is 11.8 Å². The van der Waals surface area contributed by atoms with Gasteiger partial charge in [0.2, 0.25) is 0 Å². The maximum absolute atomic E-state index is 4.71. The van der Waals surface area contributed by atoms with Crippen molar-refractivity contribution in [2.45, 2.75) is 27.2 Å². The third-order valence-corrected chi connectivity index (χ3v) is 1.63. The van der Waals surface area contributed by atoms with Gasteiger partial charge in [0.25, 0.3) is 0 Å². The van der Waals surface area contributed by atoms with Crippen molar-refractivity contribution in [3.63, 3.8) is 0 Å². The Hall–Kier alpha value is 0.0900. The van der Waals surface area contributed by atoms with E-state index in [0.717, 1.165) is 6.42 Å². The molecule has 1 unspecified atom stereocenters. The molecule has 0 N–H and O–H groups in total. The molecule has 1 radical (unpaired) electrons. The van der Waals surface area contributed by atoms with Crippen LogP contribution >= 0.6 is 12.2 Å². The minimum absolute atomic E-state index is 0.674. The van der Waals surface area contributed by atoms with E-state index < -0.39 is 0 Å². The van der Waals surface area contributed by atoms with E-state index in [1.807, 2.05) is 0 Å². The van der Waals surface area contributed by atoms with Crippen LogP contribution in [-0.4, -0.2) is 5.37 Å². The zero-order chi connectivity index (χ0) is 6.57. The van der Waals surface area contributed by atoms with E-state index in [9.17, 15) is 0 Å². The van der Waals surface area contributed by atoms with Crippen LogP contribution in [0.3, 0.4) is 0 Å². The third kappa shape index (κ3) is 3.14. The molecule has 0 amide bonds. The van der Waals surface area contributed by atoms with Crippen LogP contribution in [0.25, 0.3) is 0 Å². The first-order valence-electron chi connectivity index (χ1n) is 2.92. The number of rotatable bonds is 3. The van der Waals surface area contributed by atoms with Gasteiger partial charge in [0.05, 0.1) is 0 Å². The number of hydrogen-bond acceptors (Lipinski definition) is 1. The van der Waals surface area contributed by atoms with Crippen molar-refractivity contribution in [1.29, 1.82) is 0 Å². The van der Waals surface area contributed by atoms with Gasteiger partial charge in [-0.2, -0.15) is 0 Å². The molecule has 0 fully saturated rings. The Morgan fingerprint density at radius 1 is 1.62 bits per heavy atom. The Labute approximate surface area is 57.3 Å². The van der Waals surface area contributed by atoms with Crippen molar-refractivity contribution in [2.75, 3.05) is 0 Å². The van der Waals surface area contributed by atoms with Gasteiger partial charge in [-0.3, -0.25) is 0 Å². The van der Waals surface area contributed by atoms with Crippen molar-refractivity contribution in [2.24, 2.45) is 5.92 Å². The van der Waals surface area contributed by atoms with Crippen molar-refractivity contribution in [3.8, 4) is 0 Å². The minimum Gasteiger partial charge on any atom is -0.0935 e. The molecule has 1 heteroatoms. The van der Waals surface area contributed by atoms with E-state index in [-0.39, 0.29) is 0 Å². The first-order chi connectivity index (χ1) is 3.68. The van der Waals surface area contributed by atoms with Gasteiger partial charge in [-0.15, -0.1) is 0 Å². The summed E-state index contributed by atoms with van der Waals surface area (Å²) in [6.45, 7) is 6.48. The fourth-order valence-corrected chi connectivity index (χ4v) is 0.669. The normalized spacial score (nSPS) is 14.0. The van der Waals surface area contributed by atoms with E-state index in [0.29, 0.717) is 5.92 Å². The highest BCUT2D eigenvalue weighted by Crippen LogP contribution is 2.13. The first kappa shape index (κ1) is 8.09. The molecule has 0 saturated heterocycles. The van der Waals surface area contributed by atoms with E-state index in [1.165, 1.54) is 5.92 Å². The number of thiocarbonyl (C=S) groups is 1. The van der Waals surface area contributed by atoms with Gasteiger partial charge in [-0.05, 0) is 23.6 Å². The molecule has 0 bridgehead atoms. The molecule has 1 atom stereocenters. The molecule has 0 aliphatic carbocycles. The van der Waals surface area contributed by atoms with E-state index in [2.05, 4.69) is 20.8 Å². The van der Waals surface area contributed by atoms with Crippen LogP contribution in [0.15, 0.2) is 0 Å². The average Bonchev–Trinajstić information content (AvgIpc) is 1.67. The summed E-state index contributed by atoms with van der Waals surface area (Å²) in [5, 5.41) is 1.80. The molecule has 0 aromatic rings. The SMILES string of the molecule is C[C](C)C(C)CC=S. The highest BCUT2D eigenvalue weighted by molar-refractivity contribution is 7.78. The monoisotopic (exact) mass is 129 g/mol. The predicted molar refractivity (Wildman–Crippen MR) is 42.0 cm³/mol. The van der Waals surface area contributed by atoms with Gasteiger partial charge >= 0.3 is 0 Å². The van der Waals surface area contributed by atoms with Crippen molar-refractivity contribution >= 4 is 17.6 Å². The standard InChI is InChI=1S/C7H13S/c1-6(2)7(3)4-5-8/h5,7H,4H2,1-3H3. The Bertz CT molecular complexity index is 66.8. The molecular weight excluding hydrogens is 116 g/mol. The summed E-state index contributed by atoms with van der Waals surface area (Å²) >= 11 is 4.71. The van der Waals surface area contributed by atoms with Crippen molar-refractivity contribution in [1.82, 2.24) is 0 Å². The Morgan fingerprint density at radius 2 is 2.12 bits per heavy atom. The molecule has 0 aromatic carbocycles. The maximum atomic E-state index is 4.71. The van der Waals surface area contributed by atoms with E-state index >= 15 is 0 Å². The van der Waals surface area contributed by atoms with Gasteiger partial charge in [0.15, 0.2) is 0 Å². The summed E-state index contributed by atoms with van der Waals surface area (Å²) in [4.78, 5) is 0. The van der Waals surface area contributed by atoms with Crippen LogP contribution in [0.5, 0.6) is 0 Å². The topological polar surface area (TPSA) is 0 Å². The molecular formula is C7H13S. The van der Waals surface area contributed by atoms with Crippen LogP contribution in [0.2, 0.25) is 0 Å². The molecule has 0 saturated carbocycles. The van der Waals surface area contributed by atoms with E-state index in [4.69, 9.17) is 12.2 Å². The van der Waals surface area contributed by atoms with Gasteiger partial charge < -0.3 is 0 Å². The predicted octanol–water partition coefficient (Wildman–Crippen LogP) is 2.63. The van der Waals surface area contributed by atoms with Crippen LogP contribution < -0.4 is 0 Å². The Morgan fingerprint density at radius 3 is 2.25 bits per heavy atom. The van der Waals surface area contributed by atoms with E-state index in [1.54, 1.807) is 5.37 Å². The largest absolute Gasteiger partial charge is 0.0935 e. The molecule has 0 aliphatic heterocycles. The van der Waals surface area contributed by atoms with Crippen LogP contribution in [-0.2, 0) is 0 Å². The first-order valence-corrected chi connectivity index (χ1v) is 3.39. The zero-order valence-electron chi connectivity index (χ0n) is 5.77. The minimum atomic E-state index is 0.674. The van der Waals surface area contributed by atoms with Gasteiger partial charge in [0, 0.05) is 0 Å². The summed E-state index contributed by atoms with van der Waals surface area (Å²) in [6.07, 6.45) is 1.04. The summed E-state index contributed by atoms with van der Waals surface area (Å²) in [6, 6.07) is 0. The van der Waals surface area contributed by atoms with Gasteiger partial charge in [-0.1, -0.05) is 33.0 Å². The van der Waals surface area contributed by atoms with Crippen molar-refractivity contribution in [3.05, 3.63) is 5.92 Å². The summed E-state index contributed by atoms with van der Waals surface area (Å²) in [5.41, 5.74) is 0. The van der Waals surface area contributed by atoms with Crippen molar-refractivity contribution < 1.29 is 0 Å². The lowest BCUT2D eigenvalue weighted by atomic mass is 9.96. The van der Waals surface area contributed by atoms with Crippen LogP contribution in [0.1, 0.15) is 27.2 Å². The summed E-state index contributed by atoms with van der Waals surface area (Å²) < 4.78 is 0. The Kier molecular flexibility index (Phi) is 4.06. The summed E-state index contributed by atoms with van der Waals surface area (Å²) in [5.74, 6) is 2.14. The second kappa shape index (κ2) is 4.02. The van der Waals surface area contributed by atoms with Gasteiger partial charge in [0.1, 0.15) is 0 Å². The lowest BCUT2D eigenvalue weighted by molar-refractivity contribution is 0.636. The maximum Gasteiger partial charge on any atom is -0.0208 e. The molecule has 0 nitrogen and oxygen atoms in total. The molecule has 8 heavy (non-hydrogen) atoms. The molecule has 0 aromatic heterocycles. The second-order valence-electron chi connectivity index (χ2n) is 2.38. The van der Waals surface area contributed by atoms with Gasteiger partial charge in [-0.25, -0.2) is 0 Å². The smallest absolute Gasteiger partial charge is 0.0208 e. The molecule has 0 aliphatic rings. The lowest BCUT2D eigenvalue weighted by Crippen LogP contribution is -2.00. The third-order valence-electron chi connectivity index (χ3n) is 1.44. The molecule has 0 rings (SSSR count).